The molecule has 5 fully saturated rings. The monoisotopic (exact) mass is 835 g/mol. The molecule has 1 saturated heterocycles. The molecule has 11 heteroatoms. The molecule has 9 atom stereocenters. The summed E-state index contributed by atoms with van der Waals surface area (Å²) in [6.07, 6.45) is 29.0. The highest BCUT2D eigenvalue weighted by atomic mass is 33.1. The fourth-order valence-corrected chi connectivity index (χ4v) is 17.1. The zero-order valence-electron chi connectivity index (χ0n) is 34.2. The van der Waals surface area contributed by atoms with Crippen molar-refractivity contribution in [3.05, 3.63) is 81.7 Å². The third kappa shape index (κ3) is 6.07. The Kier molecular flexibility index (Phi) is 9.70. The van der Waals surface area contributed by atoms with Crippen molar-refractivity contribution >= 4 is 45.3 Å². The molecule has 5 aliphatic heterocycles. The van der Waals surface area contributed by atoms with Crippen molar-refractivity contribution in [2.45, 2.75) is 115 Å². The summed E-state index contributed by atoms with van der Waals surface area (Å²) in [6.45, 7) is 3.00. The van der Waals surface area contributed by atoms with Crippen LogP contribution in [0.15, 0.2) is 81.7 Å². The number of hydrogen-bond acceptors (Lipinski definition) is 10. The second kappa shape index (κ2) is 14.9. The number of nitrogens with one attached hydrogen (secondary N) is 2. The molecular weight excluding hydrogens is 779 g/mol. The lowest BCUT2D eigenvalue weighted by Crippen LogP contribution is -2.54. The van der Waals surface area contributed by atoms with Gasteiger partial charge in [-0.25, -0.2) is 9.59 Å². The van der Waals surface area contributed by atoms with Gasteiger partial charge in [0.1, 0.15) is 11.5 Å². The second-order valence-corrected chi connectivity index (χ2v) is 22.0. The first-order valence-electron chi connectivity index (χ1n) is 22.9. The van der Waals surface area contributed by atoms with Gasteiger partial charge in [0.15, 0.2) is 0 Å². The summed E-state index contributed by atoms with van der Waals surface area (Å²) in [5.74, 6) is 3.30. The first kappa shape index (κ1) is 38.5. The van der Waals surface area contributed by atoms with Gasteiger partial charge in [-0.1, -0.05) is 66.7 Å². The van der Waals surface area contributed by atoms with Crippen LogP contribution in [0.2, 0.25) is 0 Å². The highest BCUT2D eigenvalue weighted by Gasteiger charge is 2.69. The molecule has 1 spiro atoms. The molecule has 9 nitrogen and oxygen atoms in total. The number of rotatable bonds is 4. The molecule has 2 amide bonds. The molecule has 59 heavy (non-hydrogen) atoms. The van der Waals surface area contributed by atoms with Crippen molar-refractivity contribution in [1.82, 2.24) is 15.5 Å². The molecule has 4 saturated carbocycles. The zero-order valence-corrected chi connectivity index (χ0v) is 35.9. The van der Waals surface area contributed by atoms with Crippen molar-refractivity contribution in [3.63, 3.8) is 0 Å². The molecule has 0 unspecified atom stereocenters. The van der Waals surface area contributed by atoms with E-state index in [1.165, 1.54) is 68.4 Å². The Balaban J connectivity index is 1.11. The minimum absolute atomic E-state index is 0.0154. The van der Waals surface area contributed by atoms with Crippen LogP contribution in [0.3, 0.4) is 0 Å². The van der Waals surface area contributed by atoms with Crippen LogP contribution in [0.1, 0.15) is 110 Å². The summed E-state index contributed by atoms with van der Waals surface area (Å²) in [5.41, 5.74) is 3.77. The van der Waals surface area contributed by atoms with Gasteiger partial charge in [0, 0.05) is 53.5 Å². The van der Waals surface area contributed by atoms with E-state index in [9.17, 15) is 14.4 Å². The summed E-state index contributed by atoms with van der Waals surface area (Å²) in [5, 5.41) is 7.70. The normalized spacial score (nSPS) is 40.0. The number of esters is 2. The van der Waals surface area contributed by atoms with Gasteiger partial charge in [0.05, 0.1) is 22.7 Å². The summed E-state index contributed by atoms with van der Waals surface area (Å²) >= 11 is 0. The van der Waals surface area contributed by atoms with E-state index in [1.54, 1.807) is 0 Å². The van der Waals surface area contributed by atoms with Crippen LogP contribution >= 0.6 is 21.6 Å². The van der Waals surface area contributed by atoms with Crippen molar-refractivity contribution in [2.75, 3.05) is 19.0 Å². The van der Waals surface area contributed by atoms with E-state index in [-0.39, 0.29) is 53.5 Å². The quantitative estimate of drug-likeness (QED) is 0.162. The first-order chi connectivity index (χ1) is 28.8. The van der Waals surface area contributed by atoms with Crippen LogP contribution in [0.5, 0.6) is 0 Å². The van der Waals surface area contributed by atoms with Crippen LogP contribution in [0.25, 0.3) is 0 Å². The SMILES string of the molecule is CCC1(/C=C2\OC(=O)C3=C2CC[C@H]2[C@@H]4CC[C@@]5(C6=C4[C@@H](CN4C(=O)C=CC4=O)C4=CCNC(=C4)NCSS[C@@H]4CC[C@H]7CCCC[C@H]7[C@H]4C/C=C/5OC6=O)[C@@H]32)CCCC1. The van der Waals surface area contributed by atoms with Gasteiger partial charge in [-0.2, -0.15) is 0 Å². The third-order valence-corrected chi connectivity index (χ3v) is 19.8. The molecule has 0 aromatic rings. The van der Waals surface area contributed by atoms with E-state index in [1.807, 2.05) is 21.6 Å². The van der Waals surface area contributed by atoms with E-state index >= 15 is 4.79 Å². The number of nitrogens with zero attached hydrogens (tertiary/aromatic N) is 1. The summed E-state index contributed by atoms with van der Waals surface area (Å²) in [7, 11) is 3.91. The lowest BCUT2D eigenvalue weighted by atomic mass is 9.43. The lowest BCUT2D eigenvalue weighted by Gasteiger charge is -2.57. The van der Waals surface area contributed by atoms with Crippen LogP contribution < -0.4 is 10.6 Å². The lowest BCUT2D eigenvalue weighted by molar-refractivity contribution is -0.138. The zero-order chi connectivity index (χ0) is 40.0. The van der Waals surface area contributed by atoms with Crippen molar-refractivity contribution in [1.29, 1.82) is 0 Å². The Hall–Kier alpha value is -3.44. The Morgan fingerprint density at radius 3 is 2.53 bits per heavy atom. The molecule has 2 N–H and O–H groups in total. The Bertz CT molecular complexity index is 2090. The molecule has 12 aliphatic rings. The van der Waals surface area contributed by atoms with Crippen LogP contribution in [-0.4, -0.2) is 52.9 Å². The standard InChI is InChI=1S/C48H57N3O6S2/c1-2-47(19-5-6-20-47)24-35-33-11-10-32-31-17-21-48(43(32)42(33)45(54)56-35)37-14-12-30-29-8-4-3-7-27(29)9-13-36(30)59-58-26-50-38-23-28(18-22-49-38)34(41(31)44(48)46(55)57-37)25-51-39(52)15-16-40(51)53/h14-16,18,23-24,27,29-32,34,36,43,49-50H,2-13,17,19-22,25-26H2,1H3/b35-24-,37-14-/t27-,29-,30-,31+,32+,34+,36-,43-,48+/m1/s1. The molecule has 0 aromatic carbocycles. The number of fused-ring (bicyclic) bond motifs is 5. The number of dihydropyridines is 1. The topological polar surface area (TPSA) is 114 Å². The van der Waals surface area contributed by atoms with E-state index in [0.29, 0.717) is 29.2 Å². The number of hydrogen-bond donors (Lipinski definition) is 2. The number of cyclic esters (lactones) is 1. The average molecular weight is 836 g/mol. The van der Waals surface area contributed by atoms with Crippen LogP contribution in [-0.2, 0) is 28.7 Å². The van der Waals surface area contributed by atoms with Crippen LogP contribution in [0, 0.1) is 52.3 Å². The maximum atomic E-state index is 15.0. The fourth-order valence-electron chi connectivity index (χ4n) is 14.3. The number of ether oxygens (including phenoxy) is 2. The number of amides is 2. The number of imide groups is 1. The van der Waals surface area contributed by atoms with E-state index in [0.717, 1.165) is 103 Å². The van der Waals surface area contributed by atoms with Gasteiger partial charge in [-0.05, 0) is 135 Å². The predicted molar refractivity (Wildman–Crippen MR) is 228 cm³/mol. The summed E-state index contributed by atoms with van der Waals surface area (Å²) in [6, 6.07) is 0. The van der Waals surface area contributed by atoms with E-state index < -0.39 is 11.3 Å². The minimum atomic E-state index is -0.819. The molecule has 5 heterocycles. The summed E-state index contributed by atoms with van der Waals surface area (Å²) in [4.78, 5) is 57.5. The molecule has 0 radical (unpaired) electrons. The molecular formula is C48H57N3O6S2. The second-order valence-electron chi connectivity index (χ2n) is 19.4. The van der Waals surface area contributed by atoms with Crippen molar-refractivity contribution < 1.29 is 28.7 Å². The number of carbonyl (C=O) groups is 4. The minimum Gasteiger partial charge on any atom is -0.427 e. The Labute approximate surface area is 355 Å². The van der Waals surface area contributed by atoms with E-state index in [4.69, 9.17) is 9.47 Å². The maximum Gasteiger partial charge on any atom is 0.340 e. The summed E-state index contributed by atoms with van der Waals surface area (Å²) < 4.78 is 13.1. The van der Waals surface area contributed by atoms with Gasteiger partial charge in [-0.3, -0.25) is 14.5 Å². The molecule has 7 bridgehead atoms. The highest BCUT2D eigenvalue weighted by molar-refractivity contribution is 8.76. The maximum absolute atomic E-state index is 15.0. The molecule has 0 aromatic heterocycles. The van der Waals surface area contributed by atoms with Gasteiger partial charge in [0.25, 0.3) is 11.8 Å². The van der Waals surface area contributed by atoms with Gasteiger partial charge >= 0.3 is 11.9 Å². The smallest absolute Gasteiger partial charge is 0.340 e. The van der Waals surface area contributed by atoms with E-state index in [2.05, 4.69) is 41.9 Å². The first-order valence-corrected chi connectivity index (χ1v) is 25.2. The average Bonchev–Trinajstić information content (AvgIpc) is 4.02. The largest absolute Gasteiger partial charge is 0.427 e. The Morgan fingerprint density at radius 1 is 0.864 bits per heavy atom. The predicted octanol–water partition coefficient (Wildman–Crippen LogP) is 8.70. The molecule has 12 rings (SSSR count). The van der Waals surface area contributed by atoms with Gasteiger partial charge < -0.3 is 20.1 Å². The van der Waals surface area contributed by atoms with Crippen molar-refractivity contribution in [3.8, 4) is 0 Å². The van der Waals surface area contributed by atoms with Gasteiger partial charge in [0.2, 0.25) is 0 Å². The number of carbonyl (C=O) groups excluding carboxylic acids is 4. The molecule has 7 aliphatic carbocycles. The third-order valence-electron chi connectivity index (χ3n) is 17.0. The molecule has 312 valence electrons. The van der Waals surface area contributed by atoms with Gasteiger partial charge in [-0.15, -0.1) is 0 Å². The fraction of sp³-hybridized carbons (Fsp3) is 0.625. The Morgan fingerprint density at radius 2 is 1.69 bits per heavy atom. The highest BCUT2D eigenvalue weighted by Crippen LogP contribution is 2.72. The van der Waals surface area contributed by atoms with Crippen LogP contribution in [0.4, 0.5) is 0 Å². The number of allylic oxidation sites excluding steroid dienone is 5. The van der Waals surface area contributed by atoms with Crippen molar-refractivity contribution in [2.24, 2.45) is 52.3 Å².